The fourth-order valence-electron chi connectivity index (χ4n) is 2.41. The number of primary amides is 1. The lowest BCUT2D eigenvalue weighted by Gasteiger charge is -2.19. The van der Waals surface area contributed by atoms with Gasteiger partial charge in [-0.3, -0.25) is 9.59 Å². The van der Waals surface area contributed by atoms with Gasteiger partial charge in [-0.05, 0) is 46.5 Å². The zero-order chi connectivity index (χ0) is 19.3. The summed E-state index contributed by atoms with van der Waals surface area (Å²) in [6, 6.07) is 0. The SMILES string of the molecule is CC(C)(C)OC(=O)NCCCCCC(=O)CBr.NC(=O)C1CCCC1. The number of rotatable bonds is 8. The van der Waals surface area contributed by atoms with Crippen LogP contribution >= 0.6 is 15.9 Å². The molecule has 0 bridgehead atoms. The normalized spacial score (nSPS) is 14.4. The first-order chi connectivity index (χ1) is 11.7. The van der Waals surface area contributed by atoms with Crippen LogP contribution in [-0.2, 0) is 14.3 Å². The second kappa shape index (κ2) is 13.1. The Morgan fingerprint density at radius 3 is 2.16 bits per heavy atom. The van der Waals surface area contributed by atoms with Crippen LogP contribution in [0.1, 0.15) is 72.1 Å². The van der Waals surface area contributed by atoms with Gasteiger partial charge in [0.05, 0.1) is 5.33 Å². The Morgan fingerprint density at radius 2 is 1.72 bits per heavy atom. The molecule has 0 aliphatic heterocycles. The highest BCUT2D eigenvalue weighted by Crippen LogP contribution is 2.23. The highest BCUT2D eigenvalue weighted by Gasteiger charge is 2.19. The van der Waals surface area contributed by atoms with E-state index in [2.05, 4.69) is 21.2 Å². The molecular weight excluding hydrogens is 388 g/mol. The smallest absolute Gasteiger partial charge is 0.407 e. The molecule has 0 aromatic rings. The molecule has 0 spiro atoms. The second-order valence-corrected chi connectivity index (χ2v) is 7.86. The van der Waals surface area contributed by atoms with Crippen LogP contribution in [0.25, 0.3) is 0 Å². The summed E-state index contributed by atoms with van der Waals surface area (Å²) >= 11 is 3.12. The summed E-state index contributed by atoms with van der Waals surface area (Å²) in [5.74, 6) is 0.322. The van der Waals surface area contributed by atoms with E-state index in [9.17, 15) is 14.4 Å². The molecule has 3 N–H and O–H groups in total. The molecule has 0 heterocycles. The van der Waals surface area contributed by atoms with Crippen molar-refractivity contribution >= 4 is 33.7 Å². The monoisotopic (exact) mass is 420 g/mol. The molecule has 1 rings (SSSR count). The number of unbranched alkanes of at least 4 members (excludes halogenated alkanes) is 2. The number of amides is 2. The van der Waals surface area contributed by atoms with Crippen molar-refractivity contribution in [1.82, 2.24) is 5.32 Å². The number of carbonyl (C=O) groups is 3. The van der Waals surface area contributed by atoms with Crippen LogP contribution in [0.3, 0.4) is 0 Å². The van der Waals surface area contributed by atoms with Crippen LogP contribution in [0.4, 0.5) is 4.79 Å². The van der Waals surface area contributed by atoms with E-state index in [1.165, 1.54) is 12.8 Å². The van der Waals surface area contributed by atoms with E-state index in [1.54, 1.807) is 0 Å². The lowest BCUT2D eigenvalue weighted by atomic mass is 10.1. The topological polar surface area (TPSA) is 98.5 Å². The number of alkyl carbamates (subject to hydrolysis) is 1. The second-order valence-electron chi connectivity index (χ2n) is 7.30. The Balaban J connectivity index is 0.000000593. The number of hydrogen-bond acceptors (Lipinski definition) is 4. The minimum Gasteiger partial charge on any atom is -0.444 e. The van der Waals surface area contributed by atoms with Gasteiger partial charge in [0.25, 0.3) is 0 Å². The van der Waals surface area contributed by atoms with E-state index in [1.807, 2.05) is 20.8 Å². The van der Waals surface area contributed by atoms with Gasteiger partial charge in [0, 0.05) is 18.9 Å². The van der Waals surface area contributed by atoms with Gasteiger partial charge in [0.15, 0.2) is 0 Å². The third-order valence-electron chi connectivity index (χ3n) is 3.71. The number of ether oxygens (including phenoxy) is 1. The number of ketones is 1. The lowest BCUT2D eigenvalue weighted by Crippen LogP contribution is -2.32. The number of Topliss-reactive ketones (excluding diaryl/α,β-unsaturated/α-hetero) is 1. The molecule has 0 aromatic carbocycles. The Bertz CT molecular complexity index is 416. The average Bonchev–Trinajstić information content (AvgIpc) is 3.04. The van der Waals surface area contributed by atoms with Crippen molar-refractivity contribution in [3.63, 3.8) is 0 Å². The third-order valence-corrected chi connectivity index (χ3v) is 4.33. The fourth-order valence-corrected chi connectivity index (χ4v) is 2.69. The number of halogens is 1. The van der Waals surface area contributed by atoms with Gasteiger partial charge in [0.1, 0.15) is 11.4 Å². The molecule has 0 unspecified atom stereocenters. The van der Waals surface area contributed by atoms with Crippen LogP contribution in [0, 0.1) is 5.92 Å². The zero-order valence-corrected chi connectivity index (χ0v) is 17.3. The van der Waals surface area contributed by atoms with Crippen molar-refractivity contribution in [2.75, 3.05) is 11.9 Å². The van der Waals surface area contributed by atoms with Crippen LogP contribution < -0.4 is 11.1 Å². The molecule has 1 aliphatic carbocycles. The van der Waals surface area contributed by atoms with Crippen LogP contribution in [-0.4, -0.2) is 35.3 Å². The van der Waals surface area contributed by atoms with Crippen molar-refractivity contribution in [2.45, 2.75) is 77.7 Å². The number of alkyl halides is 1. The Kier molecular flexibility index (Phi) is 12.6. The van der Waals surface area contributed by atoms with Crippen LogP contribution in [0.2, 0.25) is 0 Å². The molecule has 0 atom stereocenters. The van der Waals surface area contributed by atoms with Gasteiger partial charge in [0.2, 0.25) is 5.91 Å². The molecule has 0 radical (unpaired) electrons. The van der Waals surface area contributed by atoms with Gasteiger partial charge in [-0.1, -0.05) is 35.2 Å². The number of hydrogen-bond donors (Lipinski definition) is 2. The minimum absolute atomic E-state index is 0.109. The molecule has 0 aromatic heterocycles. The molecule has 6 nitrogen and oxygen atoms in total. The van der Waals surface area contributed by atoms with Crippen molar-refractivity contribution in [2.24, 2.45) is 11.7 Å². The maximum Gasteiger partial charge on any atom is 0.407 e. The molecule has 1 saturated carbocycles. The van der Waals surface area contributed by atoms with E-state index in [0.717, 1.165) is 32.1 Å². The average molecular weight is 421 g/mol. The molecule has 25 heavy (non-hydrogen) atoms. The lowest BCUT2D eigenvalue weighted by molar-refractivity contribution is -0.121. The quantitative estimate of drug-likeness (QED) is 0.461. The van der Waals surface area contributed by atoms with Gasteiger partial charge < -0.3 is 15.8 Å². The van der Waals surface area contributed by atoms with Crippen molar-refractivity contribution in [3.8, 4) is 0 Å². The van der Waals surface area contributed by atoms with E-state index < -0.39 is 5.60 Å². The summed E-state index contributed by atoms with van der Waals surface area (Å²) in [7, 11) is 0. The van der Waals surface area contributed by atoms with E-state index in [4.69, 9.17) is 10.5 Å². The summed E-state index contributed by atoms with van der Waals surface area (Å²) in [6.45, 7) is 6.09. The third kappa shape index (κ3) is 14.9. The summed E-state index contributed by atoms with van der Waals surface area (Å²) in [5, 5.41) is 3.12. The molecule has 1 fully saturated rings. The number of carbonyl (C=O) groups excluding carboxylic acids is 3. The zero-order valence-electron chi connectivity index (χ0n) is 15.7. The number of nitrogens with one attached hydrogen (secondary N) is 1. The first kappa shape index (κ1) is 23.9. The molecule has 7 heteroatoms. The highest BCUT2D eigenvalue weighted by molar-refractivity contribution is 9.09. The van der Waals surface area contributed by atoms with Gasteiger partial charge >= 0.3 is 6.09 Å². The Morgan fingerprint density at radius 1 is 1.12 bits per heavy atom. The maximum atomic E-state index is 11.3. The van der Waals surface area contributed by atoms with Crippen molar-refractivity contribution in [1.29, 1.82) is 0 Å². The summed E-state index contributed by atoms with van der Waals surface area (Å²) < 4.78 is 5.09. The van der Waals surface area contributed by atoms with Gasteiger partial charge in [-0.25, -0.2) is 4.79 Å². The first-order valence-corrected chi connectivity index (χ1v) is 10.1. The standard InChI is InChI=1S/C12H22BrNO3.C6H11NO/c1-12(2,3)17-11(16)14-8-6-4-5-7-10(15)9-13;7-6(8)5-3-1-2-4-5/h4-9H2,1-3H3,(H,14,16);5H,1-4H2,(H2,7,8). The van der Waals surface area contributed by atoms with Gasteiger partial charge in [-0.2, -0.15) is 0 Å². The minimum atomic E-state index is -0.452. The van der Waals surface area contributed by atoms with Crippen molar-refractivity contribution in [3.05, 3.63) is 0 Å². The summed E-state index contributed by atoms with van der Waals surface area (Å²) in [5.41, 5.74) is 4.61. The Hall–Kier alpha value is -1.11. The Labute approximate surface area is 159 Å². The first-order valence-electron chi connectivity index (χ1n) is 8.99. The van der Waals surface area contributed by atoms with E-state index >= 15 is 0 Å². The van der Waals surface area contributed by atoms with Crippen LogP contribution in [0.15, 0.2) is 0 Å². The molecular formula is C18H33BrN2O4. The predicted molar refractivity (Wildman–Crippen MR) is 103 cm³/mol. The predicted octanol–water partition coefficient (Wildman–Crippen LogP) is 3.70. The largest absolute Gasteiger partial charge is 0.444 e. The molecule has 0 saturated heterocycles. The highest BCUT2D eigenvalue weighted by atomic mass is 79.9. The molecule has 1 aliphatic rings. The van der Waals surface area contributed by atoms with Gasteiger partial charge in [-0.15, -0.1) is 0 Å². The fraction of sp³-hybridized carbons (Fsp3) is 0.833. The maximum absolute atomic E-state index is 11.3. The van der Waals surface area contributed by atoms with Crippen LogP contribution in [0.5, 0.6) is 0 Å². The van der Waals surface area contributed by atoms with E-state index in [0.29, 0.717) is 18.3 Å². The molecule has 146 valence electrons. The van der Waals surface area contributed by atoms with Crippen molar-refractivity contribution < 1.29 is 19.1 Å². The summed E-state index contributed by atoms with van der Waals surface area (Å²) in [4.78, 5) is 32.6. The molecule has 2 amide bonds. The summed E-state index contributed by atoms with van der Waals surface area (Å²) in [6.07, 6.45) is 7.34. The number of nitrogens with two attached hydrogens (primary N) is 1. The van der Waals surface area contributed by atoms with E-state index in [-0.39, 0.29) is 23.7 Å².